The zero-order valence-corrected chi connectivity index (χ0v) is 12.0. The van der Waals surface area contributed by atoms with E-state index in [0.29, 0.717) is 17.5 Å². The van der Waals surface area contributed by atoms with Crippen LogP contribution in [0.4, 0.5) is 4.39 Å². The van der Waals surface area contributed by atoms with Crippen molar-refractivity contribution in [2.24, 2.45) is 11.8 Å². The van der Waals surface area contributed by atoms with Gasteiger partial charge in [-0.1, -0.05) is 13.8 Å². The highest BCUT2D eigenvalue weighted by Gasteiger charge is 2.27. The number of hydrogen-bond donors (Lipinski definition) is 2. The summed E-state index contributed by atoms with van der Waals surface area (Å²) in [5.74, 6) is 1.29. The first-order valence-electron chi connectivity index (χ1n) is 7.22. The number of nitrogens with one attached hydrogen (secondary N) is 1. The number of rotatable bonds is 3. The molecule has 0 aromatic heterocycles. The molecule has 1 aromatic carbocycles. The molecule has 3 heteroatoms. The van der Waals surface area contributed by atoms with E-state index in [1.165, 1.54) is 31.0 Å². The lowest BCUT2D eigenvalue weighted by Crippen LogP contribution is -2.40. The van der Waals surface area contributed by atoms with Gasteiger partial charge in [0.25, 0.3) is 0 Å². The average molecular weight is 265 g/mol. The molecule has 1 fully saturated rings. The molecule has 0 amide bonds. The molecule has 1 aliphatic carbocycles. The van der Waals surface area contributed by atoms with Gasteiger partial charge in [-0.15, -0.1) is 0 Å². The second kappa shape index (κ2) is 5.91. The first-order valence-corrected chi connectivity index (χ1v) is 7.22. The summed E-state index contributed by atoms with van der Waals surface area (Å²) in [4.78, 5) is 0. The van der Waals surface area contributed by atoms with Crippen molar-refractivity contribution < 1.29 is 9.50 Å². The van der Waals surface area contributed by atoms with E-state index in [9.17, 15) is 9.50 Å². The molecule has 0 radical (unpaired) electrons. The molecule has 1 saturated carbocycles. The van der Waals surface area contributed by atoms with Gasteiger partial charge >= 0.3 is 0 Å². The fourth-order valence-electron chi connectivity index (χ4n) is 3.20. The Hall–Kier alpha value is -1.09. The second-order valence-electron chi connectivity index (χ2n) is 6.09. The van der Waals surface area contributed by atoms with Gasteiger partial charge in [0.05, 0.1) is 0 Å². The van der Waals surface area contributed by atoms with Crippen LogP contribution in [-0.4, -0.2) is 11.1 Å². The Balaban J connectivity index is 2.04. The fourth-order valence-corrected chi connectivity index (χ4v) is 3.20. The van der Waals surface area contributed by atoms with Crippen LogP contribution in [0.25, 0.3) is 0 Å². The first kappa shape index (κ1) is 14.3. The molecule has 0 saturated heterocycles. The number of phenolic OH excluding ortho intramolecular Hbond substituents is 1. The highest BCUT2D eigenvalue weighted by atomic mass is 19.1. The fraction of sp³-hybridized carbons (Fsp3) is 0.625. The largest absolute Gasteiger partial charge is 0.508 e. The Morgan fingerprint density at radius 1 is 1.32 bits per heavy atom. The van der Waals surface area contributed by atoms with Gasteiger partial charge in [0, 0.05) is 17.6 Å². The number of hydrogen-bond acceptors (Lipinski definition) is 2. The molecule has 0 spiro atoms. The summed E-state index contributed by atoms with van der Waals surface area (Å²) in [5, 5.41) is 13.4. The van der Waals surface area contributed by atoms with Gasteiger partial charge in [0.1, 0.15) is 11.6 Å². The molecule has 2 rings (SSSR count). The summed E-state index contributed by atoms with van der Waals surface area (Å²) < 4.78 is 13.3. The normalized spacial score (nSPS) is 29.2. The zero-order valence-electron chi connectivity index (χ0n) is 12.0. The van der Waals surface area contributed by atoms with E-state index in [1.807, 2.05) is 6.92 Å². The van der Waals surface area contributed by atoms with Crippen LogP contribution in [0.15, 0.2) is 18.2 Å². The number of phenols is 1. The highest BCUT2D eigenvalue weighted by Crippen LogP contribution is 2.31. The lowest BCUT2D eigenvalue weighted by atomic mass is 9.79. The van der Waals surface area contributed by atoms with Crippen LogP contribution < -0.4 is 5.32 Å². The maximum absolute atomic E-state index is 13.3. The van der Waals surface area contributed by atoms with E-state index in [0.717, 1.165) is 12.3 Å². The third-order valence-electron chi connectivity index (χ3n) is 4.35. The number of aromatic hydroxyl groups is 1. The van der Waals surface area contributed by atoms with Crippen molar-refractivity contribution in [1.29, 1.82) is 0 Å². The van der Waals surface area contributed by atoms with E-state index in [-0.39, 0.29) is 17.6 Å². The van der Waals surface area contributed by atoms with Crippen molar-refractivity contribution in [2.75, 3.05) is 0 Å². The lowest BCUT2D eigenvalue weighted by Gasteiger charge is -2.35. The third kappa shape index (κ3) is 3.47. The van der Waals surface area contributed by atoms with Gasteiger partial charge in [-0.3, -0.25) is 0 Å². The lowest BCUT2D eigenvalue weighted by molar-refractivity contribution is 0.215. The zero-order chi connectivity index (χ0) is 14.0. The SMILES string of the molecule is CC1CCC(NC(C)c2cc(F)ccc2O)C(C)C1. The van der Waals surface area contributed by atoms with Crippen molar-refractivity contribution in [3.63, 3.8) is 0 Å². The molecule has 1 aliphatic rings. The molecule has 0 bridgehead atoms. The molecule has 1 aromatic rings. The van der Waals surface area contributed by atoms with Crippen LogP contribution in [0.3, 0.4) is 0 Å². The van der Waals surface area contributed by atoms with Crippen LogP contribution in [-0.2, 0) is 0 Å². The van der Waals surface area contributed by atoms with Crippen LogP contribution in [0.1, 0.15) is 51.6 Å². The van der Waals surface area contributed by atoms with E-state index in [1.54, 1.807) is 0 Å². The Kier molecular flexibility index (Phi) is 4.46. The minimum Gasteiger partial charge on any atom is -0.508 e. The van der Waals surface area contributed by atoms with Crippen LogP contribution in [0, 0.1) is 17.7 Å². The van der Waals surface area contributed by atoms with Crippen molar-refractivity contribution >= 4 is 0 Å². The summed E-state index contributed by atoms with van der Waals surface area (Å²) >= 11 is 0. The standard InChI is InChI=1S/C16H24FNO/c1-10-4-6-15(11(2)8-10)18-12(3)14-9-13(17)5-7-16(14)19/h5,7,9-12,15,18-19H,4,6,8H2,1-3H3. The van der Waals surface area contributed by atoms with Gasteiger partial charge in [0.15, 0.2) is 0 Å². The van der Waals surface area contributed by atoms with Gasteiger partial charge in [-0.2, -0.15) is 0 Å². The van der Waals surface area contributed by atoms with Gasteiger partial charge in [0.2, 0.25) is 0 Å². The Bertz CT molecular complexity index is 435. The average Bonchev–Trinajstić information content (AvgIpc) is 2.35. The predicted octanol–water partition coefficient (Wildman–Crippen LogP) is 4.01. The molecular formula is C16H24FNO. The molecule has 2 N–H and O–H groups in total. The number of benzene rings is 1. The Morgan fingerprint density at radius 3 is 2.74 bits per heavy atom. The summed E-state index contributed by atoms with van der Waals surface area (Å²) in [5.41, 5.74) is 0.644. The Labute approximate surface area is 115 Å². The topological polar surface area (TPSA) is 32.3 Å². The number of halogens is 1. The van der Waals surface area contributed by atoms with Gasteiger partial charge in [-0.05, 0) is 56.2 Å². The summed E-state index contributed by atoms with van der Waals surface area (Å²) in [6.07, 6.45) is 3.63. The van der Waals surface area contributed by atoms with Crippen LogP contribution in [0.5, 0.6) is 5.75 Å². The van der Waals surface area contributed by atoms with Gasteiger partial charge < -0.3 is 10.4 Å². The van der Waals surface area contributed by atoms with E-state index < -0.39 is 0 Å². The maximum Gasteiger partial charge on any atom is 0.123 e. The minimum absolute atomic E-state index is 0.0310. The van der Waals surface area contributed by atoms with E-state index in [2.05, 4.69) is 19.2 Å². The van der Waals surface area contributed by atoms with Gasteiger partial charge in [-0.25, -0.2) is 4.39 Å². The molecule has 0 heterocycles. The van der Waals surface area contributed by atoms with E-state index in [4.69, 9.17) is 0 Å². The summed E-state index contributed by atoms with van der Waals surface area (Å²) in [7, 11) is 0. The van der Waals surface area contributed by atoms with E-state index >= 15 is 0 Å². The molecule has 19 heavy (non-hydrogen) atoms. The minimum atomic E-state index is -0.299. The molecule has 106 valence electrons. The Morgan fingerprint density at radius 2 is 2.05 bits per heavy atom. The van der Waals surface area contributed by atoms with Crippen molar-refractivity contribution in [1.82, 2.24) is 5.32 Å². The molecule has 2 nitrogen and oxygen atoms in total. The smallest absolute Gasteiger partial charge is 0.123 e. The van der Waals surface area contributed by atoms with Crippen LogP contribution in [0.2, 0.25) is 0 Å². The quantitative estimate of drug-likeness (QED) is 0.865. The summed E-state index contributed by atoms with van der Waals surface area (Å²) in [6, 6.07) is 4.56. The highest BCUT2D eigenvalue weighted by molar-refractivity contribution is 5.34. The summed E-state index contributed by atoms with van der Waals surface area (Å²) in [6.45, 7) is 6.55. The molecule has 4 atom stereocenters. The maximum atomic E-state index is 13.3. The monoisotopic (exact) mass is 265 g/mol. The first-order chi connectivity index (χ1) is 8.97. The molecule has 4 unspecified atom stereocenters. The van der Waals surface area contributed by atoms with Crippen molar-refractivity contribution in [3.8, 4) is 5.75 Å². The third-order valence-corrected chi connectivity index (χ3v) is 4.35. The van der Waals surface area contributed by atoms with Crippen molar-refractivity contribution in [3.05, 3.63) is 29.6 Å². The molecule has 0 aliphatic heterocycles. The second-order valence-corrected chi connectivity index (χ2v) is 6.09. The van der Waals surface area contributed by atoms with Crippen molar-refractivity contribution in [2.45, 2.75) is 52.1 Å². The predicted molar refractivity (Wildman–Crippen MR) is 75.6 cm³/mol. The van der Waals surface area contributed by atoms with Crippen LogP contribution >= 0.6 is 0 Å². The molecular weight excluding hydrogens is 241 g/mol.